The van der Waals surface area contributed by atoms with Crippen LogP contribution in [0, 0.1) is 0 Å². The quantitative estimate of drug-likeness (QED) is 0.813. The second kappa shape index (κ2) is 6.91. The third-order valence-electron chi connectivity index (χ3n) is 3.02. The molecule has 4 heteroatoms. The average Bonchev–Trinajstić information content (AvgIpc) is 2.93. The number of benzene rings is 1. The van der Waals surface area contributed by atoms with E-state index < -0.39 is 5.97 Å². The third kappa shape index (κ3) is 4.24. The van der Waals surface area contributed by atoms with Crippen LogP contribution >= 0.6 is 0 Å². The van der Waals surface area contributed by atoms with Gasteiger partial charge in [0, 0.05) is 5.56 Å². The van der Waals surface area contributed by atoms with E-state index in [-0.39, 0.29) is 11.9 Å². The minimum absolute atomic E-state index is 0.156. The zero-order valence-corrected chi connectivity index (χ0v) is 11.8. The van der Waals surface area contributed by atoms with Crippen LogP contribution in [0.2, 0.25) is 0 Å². The first-order valence-electron chi connectivity index (χ1n) is 6.75. The first kappa shape index (κ1) is 14.3. The number of esters is 1. The molecule has 0 aliphatic rings. The predicted octanol–water partition coefficient (Wildman–Crippen LogP) is 1.54. The van der Waals surface area contributed by atoms with Crippen LogP contribution in [-0.4, -0.2) is 25.7 Å². The van der Waals surface area contributed by atoms with E-state index in [4.69, 9.17) is 9.15 Å². The summed E-state index contributed by atoms with van der Waals surface area (Å²) in [6, 6.07) is 13.5. The van der Waals surface area contributed by atoms with Crippen LogP contribution in [0.1, 0.15) is 23.0 Å². The van der Waals surface area contributed by atoms with E-state index in [1.807, 2.05) is 25.1 Å². The maximum Gasteiger partial charge on any atom is 0.374 e. The van der Waals surface area contributed by atoms with Crippen LogP contribution in [0.5, 0.6) is 0 Å². The lowest BCUT2D eigenvalue weighted by Crippen LogP contribution is -3.08. The maximum atomic E-state index is 11.7. The van der Waals surface area contributed by atoms with Crippen molar-refractivity contribution in [3.63, 3.8) is 0 Å². The Morgan fingerprint density at radius 1 is 1.25 bits per heavy atom. The van der Waals surface area contributed by atoms with Crippen molar-refractivity contribution in [3.05, 3.63) is 60.1 Å². The van der Waals surface area contributed by atoms with Crippen molar-refractivity contribution in [1.82, 2.24) is 0 Å². The van der Waals surface area contributed by atoms with E-state index in [0.717, 1.165) is 13.1 Å². The van der Waals surface area contributed by atoms with Gasteiger partial charge in [0.15, 0.2) is 0 Å². The molecular weight excluding hydrogens is 254 g/mol. The van der Waals surface area contributed by atoms with Gasteiger partial charge in [0.05, 0.1) is 13.3 Å². The molecule has 20 heavy (non-hydrogen) atoms. The molecule has 1 N–H and O–H groups in total. The summed E-state index contributed by atoms with van der Waals surface area (Å²) >= 11 is 0. The number of furan rings is 1. The Morgan fingerprint density at radius 2 is 2.00 bits per heavy atom. The summed E-state index contributed by atoms with van der Waals surface area (Å²) in [6.07, 6.45) is 1.31. The van der Waals surface area contributed by atoms with Gasteiger partial charge in [0.1, 0.15) is 19.2 Å². The van der Waals surface area contributed by atoms with Gasteiger partial charge in [-0.2, -0.15) is 0 Å². The summed E-state index contributed by atoms with van der Waals surface area (Å²) in [5.41, 5.74) is 1.27. The number of carbonyl (C=O) groups excluding carboxylic acids is 1. The fraction of sp³-hybridized carbons (Fsp3) is 0.312. The van der Waals surface area contributed by atoms with Gasteiger partial charge in [-0.15, -0.1) is 0 Å². The molecule has 2 unspecified atom stereocenters. The summed E-state index contributed by atoms with van der Waals surface area (Å²) in [6.45, 7) is 3.56. The summed E-state index contributed by atoms with van der Waals surface area (Å²) in [5.74, 6) is -0.160. The first-order valence-corrected chi connectivity index (χ1v) is 6.75. The van der Waals surface area contributed by atoms with E-state index in [1.54, 1.807) is 12.1 Å². The molecule has 0 aliphatic carbocycles. The van der Waals surface area contributed by atoms with Crippen molar-refractivity contribution in [2.24, 2.45) is 0 Å². The van der Waals surface area contributed by atoms with Crippen LogP contribution < -0.4 is 4.90 Å². The standard InChI is InChI=1S/C16H19NO3/c1-13(20-16(18)15-9-6-10-19-15)11-17(2)12-14-7-4-3-5-8-14/h3-10,13H,11-12H2,1-2H3/p+1. The molecule has 0 spiro atoms. The van der Waals surface area contributed by atoms with Gasteiger partial charge in [0.25, 0.3) is 0 Å². The number of likely N-dealkylation sites (N-methyl/N-ethyl adjacent to an activating group) is 1. The summed E-state index contributed by atoms with van der Waals surface area (Å²) in [5, 5.41) is 0. The molecule has 106 valence electrons. The molecule has 2 rings (SSSR count). The highest BCUT2D eigenvalue weighted by Crippen LogP contribution is 2.04. The summed E-state index contributed by atoms with van der Waals surface area (Å²) in [4.78, 5) is 13.0. The normalized spacial score (nSPS) is 13.7. The molecule has 1 aromatic carbocycles. The van der Waals surface area contributed by atoms with Gasteiger partial charge in [-0.25, -0.2) is 4.79 Å². The monoisotopic (exact) mass is 274 g/mol. The van der Waals surface area contributed by atoms with E-state index in [1.165, 1.54) is 16.7 Å². The fourth-order valence-corrected chi connectivity index (χ4v) is 2.18. The Hall–Kier alpha value is -2.07. The lowest BCUT2D eigenvalue weighted by Gasteiger charge is -2.18. The van der Waals surface area contributed by atoms with Crippen LogP contribution in [0.15, 0.2) is 53.1 Å². The van der Waals surface area contributed by atoms with Crippen LogP contribution in [0.4, 0.5) is 0 Å². The molecule has 1 heterocycles. The Kier molecular flexibility index (Phi) is 4.96. The molecule has 0 amide bonds. The molecule has 1 aromatic heterocycles. The lowest BCUT2D eigenvalue weighted by atomic mass is 10.2. The molecule has 2 atom stereocenters. The predicted molar refractivity (Wildman–Crippen MR) is 75.5 cm³/mol. The molecule has 0 bridgehead atoms. The van der Waals surface area contributed by atoms with Crippen molar-refractivity contribution in [2.45, 2.75) is 19.6 Å². The van der Waals surface area contributed by atoms with Crippen molar-refractivity contribution in [3.8, 4) is 0 Å². The Balaban J connectivity index is 1.79. The van der Waals surface area contributed by atoms with Crippen molar-refractivity contribution in [2.75, 3.05) is 13.6 Å². The topological polar surface area (TPSA) is 43.9 Å². The lowest BCUT2D eigenvalue weighted by molar-refractivity contribution is -0.896. The molecule has 0 fully saturated rings. The summed E-state index contributed by atoms with van der Waals surface area (Å²) < 4.78 is 10.4. The molecule has 0 aliphatic heterocycles. The van der Waals surface area contributed by atoms with Crippen molar-refractivity contribution >= 4 is 5.97 Å². The molecule has 0 radical (unpaired) electrons. The van der Waals surface area contributed by atoms with E-state index in [0.29, 0.717) is 0 Å². The maximum absolute atomic E-state index is 11.7. The number of rotatable bonds is 6. The third-order valence-corrected chi connectivity index (χ3v) is 3.02. The zero-order chi connectivity index (χ0) is 14.4. The molecule has 4 nitrogen and oxygen atoms in total. The smallest absolute Gasteiger partial charge is 0.374 e. The number of nitrogens with one attached hydrogen (secondary N) is 1. The van der Waals surface area contributed by atoms with Crippen LogP contribution in [-0.2, 0) is 11.3 Å². The molecule has 2 aromatic rings. The van der Waals surface area contributed by atoms with Gasteiger partial charge >= 0.3 is 5.97 Å². The largest absolute Gasteiger partial charge is 0.457 e. The Morgan fingerprint density at radius 3 is 2.65 bits per heavy atom. The first-order chi connectivity index (χ1) is 9.65. The van der Waals surface area contributed by atoms with E-state index in [2.05, 4.69) is 19.2 Å². The van der Waals surface area contributed by atoms with Crippen molar-refractivity contribution in [1.29, 1.82) is 0 Å². The van der Waals surface area contributed by atoms with Crippen LogP contribution in [0.3, 0.4) is 0 Å². The number of quaternary nitrogens is 1. The highest BCUT2D eigenvalue weighted by molar-refractivity contribution is 5.86. The molecular formula is C16H20NO3+. The van der Waals surface area contributed by atoms with Gasteiger partial charge in [0.2, 0.25) is 5.76 Å². The van der Waals surface area contributed by atoms with Gasteiger partial charge < -0.3 is 14.1 Å². The van der Waals surface area contributed by atoms with E-state index >= 15 is 0 Å². The number of carbonyl (C=O) groups is 1. The minimum Gasteiger partial charge on any atom is -0.457 e. The second-order valence-corrected chi connectivity index (χ2v) is 5.02. The van der Waals surface area contributed by atoms with Gasteiger partial charge in [-0.3, -0.25) is 0 Å². The highest BCUT2D eigenvalue weighted by Gasteiger charge is 2.17. The Labute approximate surface area is 119 Å². The zero-order valence-electron chi connectivity index (χ0n) is 11.8. The fourth-order valence-electron chi connectivity index (χ4n) is 2.18. The minimum atomic E-state index is -0.407. The second-order valence-electron chi connectivity index (χ2n) is 5.02. The van der Waals surface area contributed by atoms with Gasteiger partial charge in [-0.1, -0.05) is 30.3 Å². The van der Waals surface area contributed by atoms with Crippen molar-refractivity contribution < 1.29 is 18.8 Å². The SMILES string of the molecule is CC(C[NH+](C)Cc1ccccc1)OC(=O)c1ccco1. The highest BCUT2D eigenvalue weighted by atomic mass is 16.6. The summed E-state index contributed by atoms with van der Waals surface area (Å²) in [7, 11) is 2.09. The number of ether oxygens (including phenoxy) is 1. The molecule has 0 saturated carbocycles. The van der Waals surface area contributed by atoms with E-state index in [9.17, 15) is 4.79 Å². The molecule has 0 saturated heterocycles. The number of hydrogen-bond donors (Lipinski definition) is 1. The Bertz CT molecular complexity index is 522. The average molecular weight is 274 g/mol. The van der Waals surface area contributed by atoms with Gasteiger partial charge in [-0.05, 0) is 19.1 Å². The number of hydrogen-bond acceptors (Lipinski definition) is 3. The van der Waals surface area contributed by atoms with Crippen LogP contribution in [0.25, 0.3) is 0 Å².